The van der Waals surface area contributed by atoms with Crippen LogP contribution in [0.3, 0.4) is 0 Å². The third kappa shape index (κ3) is 39.7. The van der Waals surface area contributed by atoms with Gasteiger partial charge in [0.2, 0.25) is 0 Å². The van der Waals surface area contributed by atoms with E-state index in [2.05, 4.69) is 38.2 Å². The molecule has 0 aromatic heterocycles. The maximum absolute atomic E-state index is 13.1. The van der Waals surface area contributed by atoms with E-state index in [0.717, 1.165) is 44.9 Å². The normalized spacial score (nSPS) is 23.8. The number of hydrogen-bond acceptors (Lipinski definition) is 14. The minimum Gasteiger partial charge on any atom is -0.457 e. The van der Waals surface area contributed by atoms with Crippen molar-refractivity contribution in [3.63, 3.8) is 0 Å². The molecular weight excluding hydrogens is 1030 g/mol. The lowest BCUT2D eigenvalue weighted by Gasteiger charge is -2.42. The fourth-order valence-electron chi connectivity index (χ4n) is 11.0. The van der Waals surface area contributed by atoms with Gasteiger partial charge in [0.1, 0.15) is 54.9 Å². The van der Waals surface area contributed by atoms with Gasteiger partial charge in [-0.15, -0.1) is 0 Å². The molecule has 7 N–H and O–H groups in total. The first kappa shape index (κ1) is 75.6. The molecule has 14 heteroatoms. The zero-order valence-corrected chi connectivity index (χ0v) is 51.8. The van der Waals surface area contributed by atoms with Crippen LogP contribution < -0.4 is 0 Å². The quantitative estimate of drug-likeness (QED) is 0.0171. The predicted octanol–water partition coefficient (Wildman–Crippen LogP) is 13.9. The Bertz CT molecular complexity index is 1430. The number of esters is 1. The minimum atomic E-state index is -1.70. The number of ether oxygens (including phenoxy) is 6. The van der Waals surface area contributed by atoms with E-state index < -0.39 is 80.7 Å². The summed E-state index contributed by atoms with van der Waals surface area (Å²) in [5, 5.41) is 72.6. The molecule has 2 saturated heterocycles. The van der Waals surface area contributed by atoms with Crippen molar-refractivity contribution in [2.45, 2.75) is 364 Å². The van der Waals surface area contributed by atoms with E-state index in [4.69, 9.17) is 28.4 Å². The van der Waals surface area contributed by atoms with Gasteiger partial charge in [-0.1, -0.05) is 269 Å². The van der Waals surface area contributed by atoms with Gasteiger partial charge in [-0.2, -0.15) is 0 Å². The molecule has 0 saturated carbocycles. The Balaban J connectivity index is 1.64. The molecule has 0 amide bonds. The monoisotopic (exact) mass is 1150 g/mol. The van der Waals surface area contributed by atoms with Crippen LogP contribution in [0.2, 0.25) is 0 Å². The molecule has 0 aromatic carbocycles. The summed E-state index contributed by atoms with van der Waals surface area (Å²) >= 11 is 0. The van der Waals surface area contributed by atoms with Crippen molar-refractivity contribution in [1.29, 1.82) is 0 Å². The molecule has 478 valence electrons. The van der Waals surface area contributed by atoms with Crippen LogP contribution in [0.15, 0.2) is 24.3 Å². The van der Waals surface area contributed by atoms with Crippen molar-refractivity contribution in [2.24, 2.45) is 0 Å². The highest BCUT2D eigenvalue weighted by Crippen LogP contribution is 2.27. The summed E-state index contributed by atoms with van der Waals surface area (Å²) in [6, 6.07) is 0. The fraction of sp³-hybridized carbons (Fsp3) is 0.925. The molecule has 0 aromatic rings. The summed E-state index contributed by atoms with van der Waals surface area (Å²) in [7, 11) is 0. The van der Waals surface area contributed by atoms with Crippen molar-refractivity contribution in [2.75, 3.05) is 33.0 Å². The zero-order chi connectivity index (χ0) is 58.6. The number of unbranched alkanes of at least 4 members (excludes halogenated alkanes) is 39. The highest BCUT2D eigenvalue weighted by Gasteiger charge is 2.47. The highest BCUT2D eigenvalue weighted by molar-refractivity contribution is 5.69. The molecule has 2 heterocycles. The van der Waals surface area contributed by atoms with Crippen LogP contribution in [0.4, 0.5) is 0 Å². The van der Waals surface area contributed by atoms with E-state index in [-0.39, 0.29) is 25.6 Å². The van der Waals surface area contributed by atoms with Crippen LogP contribution in [-0.2, 0) is 33.2 Å². The summed E-state index contributed by atoms with van der Waals surface area (Å²) in [5.41, 5.74) is 0. The molecule has 81 heavy (non-hydrogen) atoms. The van der Waals surface area contributed by atoms with E-state index in [1.165, 1.54) is 225 Å². The Kier molecular flexibility index (Phi) is 50.3. The Morgan fingerprint density at radius 3 is 1.19 bits per heavy atom. The summed E-state index contributed by atoms with van der Waals surface area (Å²) in [5.74, 6) is -0.370. The lowest BCUT2D eigenvalue weighted by atomic mass is 9.98. The smallest absolute Gasteiger partial charge is 0.306 e. The van der Waals surface area contributed by atoms with Crippen molar-refractivity contribution >= 4 is 5.97 Å². The van der Waals surface area contributed by atoms with Crippen molar-refractivity contribution in [3.8, 4) is 0 Å². The molecule has 2 rings (SSSR count). The molecule has 0 bridgehead atoms. The maximum Gasteiger partial charge on any atom is 0.306 e. The number of carbonyl (C=O) groups excluding carboxylic acids is 1. The van der Waals surface area contributed by atoms with Gasteiger partial charge in [0, 0.05) is 13.0 Å². The summed E-state index contributed by atoms with van der Waals surface area (Å²) in [4.78, 5) is 13.1. The van der Waals surface area contributed by atoms with Crippen LogP contribution in [0.5, 0.6) is 0 Å². The standard InChI is InChI=1S/C67H126O14/c1-3-5-7-9-11-13-15-17-19-21-23-25-27-28-29-30-32-34-36-38-40-42-44-46-48-50-59(69)79-56(53-76-51-49-47-45-43-41-39-37-35-33-31-26-24-22-20-18-16-14-12-10-8-6-4-2)54-77-66-65(75)63(73)61(71)58(81-66)55-78-67-64(74)62(72)60(70)57(52-68)80-67/h15,17,21,23,56-58,60-68,70-75H,3-14,16,18-20,22,24-55H2,1-2H3/b17-15-,23-21-. The highest BCUT2D eigenvalue weighted by atomic mass is 16.7. The van der Waals surface area contributed by atoms with E-state index in [9.17, 15) is 40.5 Å². The van der Waals surface area contributed by atoms with Crippen LogP contribution in [-0.4, -0.2) is 142 Å². The Hall–Kier alpha value is -1.53. The minimum absolute atomic E-state index is 0.0673. The Morgan fingerprint density at radius 2 is 0.765 bits per heavy atom. The molecule has 0 spiro atoms. The fourth-order valence-corrected chi connectivity index (χ4v) is 11.0. The van der Waals surface area contributed by atoms with Gasteiger partial charge in [0.15, 0.2) is 12.6 Å². The average Bonchev–Trinajstić information content (AvgIpc) is 3.46. The molecule has 11 atom stereocenters. The lowest BCUT2D eigenvalue weighted by molar-refractivity contribution is -0.332. The number of carbonyl (C=O) groups is 1. The number of aliphatic hydroxyl groups excluding tert-OH is 7. The molecule has 2 fully saturated rings. The average molecular weight is 1160 g/mol. The van der Waals surface area contributed by atoms with Gasteiger partial charge in [-0.3, -0.25) is 4.79 Å². The van der Waals surface area contributed by atoms with Crippen LogP contribution in [0, 0.1) is 0 Å². The Labute approximate surface area is 494 Å². The second-order valence-electron chi connectivity index (χ2n) is 24.0. The number of allylic oxidation sites excluding steroid dienone is 4. The second-order valence-corrected chi connectivity index (χ2v) is 24.0. The van der Waals surface area contributed by atoms with Gasteiger partial charge in [-0.25, -0.2) is 0 Å². The first-order valence-corrected chi connectivity index (χ1v) is 33.9. The molecular formula is C67H126O14. The molecule has 0 aliphatic carbocycles. The van der Waals surface area contributed by atoms with Crippen LogP contribution in [0.25, 0.3) is 0 Å². The summed E-state index contributed by atoms with van der Waals surface area (Å²) < 4.78 is 34.5. The molecule has 14 nitrogen and oxygen atoms in total. The maximum atomic E-state index is 13.1. The number of rotatable bonds is 57. The number of aliphatic hydroxyl groups is 7. The SMILES string of the molecule is CCCCCCC/C=C\C/C=C\CCCCCCCCCCCCCCCC(=O)OC(COCCCCCCCCCCCCCCCCCCCCCCCC)COC1OC(COC2OC(CO)C(O)C(O)C2O)C(O)C(O)C1O. The third-order valence-electron chi connectivity index (χ3n) is 16.5. The van der Waals surface area contributed by atoms with Gasteiger partial charge in [-0.05, 0) is 44.9 Å². The predicted molar refractivity (Wildman–Crippen MR) is 326 cm³/mol. The van der Waals surface area contributed by atoms with E-state index in [1.54, 1.807) is 0 Å². The topological polar surface area (TPSA) is 214 Å². The van der Waals surface area contributed by atoms with Crippen molar-refractivity contribution in [1.82, 2.24) is 0 Å². The second kappa shape index (κ2) is 53.9. The Morgan fingerprint density at radius 1 is 0.407 bits per heavy atom. The largest absolute Gasteiger partial charge is 0.457 e. The third-order valence-corrected chi connectivity index (χ3v) is 16.5. The van der Waals surface area contributed by atoms with Crippen molar-refractivity contribution < 1.29 is 69.0 Å². The lowest BCUT2D eigenvalue weighted by Crippen LogP contribution is -2.61. The van der Waals surface area contributed by atoms with Crippen molar-refractivity contribution in [3.05, 3.63) is 24.3 Å². The van der Waals surface area contributed by atoms with E-state index >= 15 is 0 Å². The summed E-state index contributed by atoms with van der Waals surface area (Å²) in [6.45, 7) is 3.76. The first-order chi connectivity index (χ1) is 39.6. The first-order valence-electron chi connectivity index (χ1n) is 33.9. The van der Waals surface area contributed by atoms with E-state index in [0.29, 0.717) is 13.0 Å². The van der Waals surface area contributed by atoms with E-state index in [1.807, 2.05) is 0 Å². The van der Waals surface area contributed by atoms with Gasteiger partial charge in [0.05, 0.1) is 26.4 Å². The zero-order valence-electron chi connectivity index (χ0n) is 51.8. The summed E-state index contributed by atoms with van der Waals surface area (Å²) in [6.07, 6.45) is 48.2. The van der Waals surface area contributed by atoms with Gasteiger partial charge < -0.3 is 64.2 Å². The van der Waals surface area contributed by atoms with Crippen LogP contribution >= 0.6 is 0 Å². The molecule has 0 radical (unpaired) electrons. The van der Waals surface area contributed by atoms with Crippen LogP contribution in [0.1, 0.15) is 296 Å². The number of hydrogen-bond donors (Lipinski definition) is 7. The molecule has 2 aliphatic rings. The van der Waals surface area contributed by atoms with Gasteiger partial charge >= 0.3 is 5.97 Å². The molecule has 11 unspecified atom stereocenters. The van der Waals surface area contributed by atoms with Gasteiger partial charge in [0.25, 0.3) is 0 Å². The molecule has 2 aliphatic heterocycles.